The number of aryl methyl sites for hydroxylation is 1. The summed E-state index contributed by atoms with van der Waals surface area (Å²) in [5.74, 6) is -0.339. The summed E-state index contributed by atoms with van der Waals surface area (Å²) in [6.45, 7) is 13.1. The second kappa shape index (κ2) is 18.2. The Balaban J connectivity index is 1.54. The van der Waals surface area contributed by atoms with Crippen molar-refractivity contribution in [2.45, 2.75) is 71.1 Å². The van der Waals surface area contributed by atoms with Crippen LogP contribution in [-0.4, -0.2) is 130 Å². The van der Waals surface area contributed by atoms with Crippen molar-refractivity contribution in [1.82, 2.24) is 24.1 Å². The van der Waals surface area contributed by atoms with Gasteiger partial charge in [0.1, 0.15) is 23.0 Å². The Labute approximate surface area is 346 Å². The van der Waals surface area contributed by atoms with Gasteiger partial charge in [-0.3, -0.25) is 9.10 Å². The summed E-state index contributed by atoms with van der Waals surface area (Å²) in [5, 5.41) is 12.0. The molecule has 320 valence electrons. The Kier molecular flexibility index (Phi) is 14.2. The first-order valence-corrected chi connectivity index (χ1v) is 22.0. The third-order valence-corrected chi connectivity index (χ3v) is 11.9. The van der Waals surface area contributed by atoms with Crippen LogP contribution in [0, 0.1) is 18.3 Å². The maximum Gasteiger partial charge on any atom is 0.410 e. The van der Waals surface area contributed by atoms with E-state index in [1.54, 1.807) is 67.6 Å². The van der Waals surface area contributed by atoms with E-state index in [0.29, 0.717) is 30.3 Å². The van der Waals surface area contributed by atoms with Gasteiger partial charge in [0.05, 0.1) is 22.4 Å². The minimum absolute atomic E-state index is 0.00145. The van der Waals surface area contributed by atoms with Crippen LogP contribution in [-0.2, 0) is 36.1 Å². The molecule has 1 aliphatic rings. The van der Waals surface area contributed by atoms with Gasteiger partial charge in [0.15, 0.2) is 0 Å². The van der Waals surface area contributed by atoms with Crippen LogP contribution < -0.4 is 14.5 Å². The average molecular weight is 856 g/mol. The second-order valence-electron chi connectivity index (χ2n) is 16.1. The van der Waals surface area contributed by atoms with Crippen LogP contribution in [0.2, 0.25) is 0 Å². The zero-order valence-electron chi connectivity index (χ0n) is 35.1. The van der Waals surface area contributed by atoms with Crippen LogP contribution in [0.1, 0.15) is 68.9 Å². The van der Waals surface area contributed by atoms with Crippen molar-refractivity contribution in [2.75, 3.05) is 74.1 Å². The monoisotopic (exact) mass is 855 g/mol. The molecule has 2 heterocycles. The van der Waals surface area contributed by atoms with Gasteiger partial charge in [0, 0.05) is 71.3 Å². The summed E-state index contributed by atoms with van der Waals surface area (Å²) in [5.41, 5.74) is -0.0146. The normalized spacial score (nSPS) is 13.9. The number of amides is 3. The average Bonchev–Trinajstić information content (AvgIpc) is 3.14. The Bertz CT molecular complexity index is 2290. The van der Waals surface area contributed by atoms with E-state index >= 15 is 0 Å². The summed E-state index contributed by atoms with van der Waals surface area (Å²) in [6, 6.07) is 13.7. The van der Waals surface area contributed by atoms with E-state index in [1.165, 1.54) is 57.6 Å². The lowest BCUT2D eigenvalue weighted by atomic mass is 10.1. The SMILES string of the molecule is Cc1cc(C#N)nc(N2CCN(S(=O)(=O)c3ccc(NC(=O)c4cc(CN(CCN(C)C(=O)OC(C)(C)C)C(=O)OC(C)(C)C)ccc4N(C)S(C)(=O)=O)cc3)CC2)n1. The van der Waals surface area contributed by atoms with Crippen molar-refractivity contribution in [3.63, 3.8) is 0 Å². The van der Waals surface area contributed by atoms with Gasteiger partial charge in [-0.1, -0.05) is 6.07 Å². The van der Waals surface area contributed by atoms with Crippen molar-refractivity contribution in [1.29, 1.82) is 5.26 Å². The zero-order valence-corrected chi connectivity index (χ0v) is 36.8. The molecule has 1 N–H and O–H groups in total. The van der Waals surface area contributed by atoms with Gasteiger partial charge in [0.25, 0.3) is 5.91 Å². The number of hydrogen-bond donors (Lipinski definition) is 1. The van der Waals surface area contributed by atoms with Gasteiger partial charge in [-0.25, -0.2) is 36.4 Å². The first-order valence-electron chi connectivity index (χ1n) is 18.7. The van der Waals surface area contributed by atoms with E-state index in [-0.39, 0.29) is 60.3 Å². The van der Waals surface area contributed by atoms with Crippen LogP contribution in [0.5, 0.6) is 0 Å². The molecule has 0 radical (unpaired) electrons. The van der Waals surface area contributed by atoms with Crippen molar-refractivity contribution in [3.05, 3.63) is 71.0 Å². The van der Waals surface area contributed by atoms with Gasteiger partial charge in [-0.2, -0.15) is 9.57 Å². The number of aromatic nitrogens is 2. The number of hydrogen-bond acceptors (Lipinski definition) is 13. The smallest absolute Gasteiger partial charge is 0.410 e. The fourth-order valence-electron chi connectivity index (χ4n) is 5.74. The molecule has 4 rings (SSSR count). The summed E-state index contributed by atoms with van der Waals surface area (Å²) in [7, 11) is -4.91. The molecule has 0 bridgehead atoms. The number of nitrogens with zero attached hydrogens (tertiary/aromatic N) is 8. The number of piperazine rings is 1. The van der Waals surface area contributed by atoms with Crippen LogP contribution >= 0.6 is 0 Å². The third-order valence-electron chi connectivity index (χ3n) is 8.81. The van der Waals surface area contributed by atoms with Gasteiger partial charge in [-0.05, 0) is 96.5 Å². The van der Waals surface area contributed by atoms with Gasteiger partial charge in [-0.15, -0.1) is 0 Å². The highest BCUT2D eigenvalue weighted by Gasteiger charge is 2.31. The lowest BCUT2D eigenvalue weighted by Gasteiger charge is -2.34. The maximum absolute atomic E-state index is 13.9. The molecule has 1 saturated heterocycles. The van der Waals surface area contributed by atoms with Crippen LogP contribution in [0.4, 0.5) is 26.9 Å². The maximum atomic E-state index is 13.9. The van der Waals surface area contributed by atoms with E-state index in [1.807, 2.05) is 11.0 Å². The Morgan fingerprint density at radius 1 is 0.847 bits per heavy atom. The second-order valence-corrected chi connectivity index (χ2v) is 20.0. The molecule has 59 heavy (non-hydrogen) atoms. The van der Waals surface area contributed by atoms with E-state index in [4.69, 9.17) is 9.47 Å². The summed E-state index contributed by atoms with van der Waals surface area (Å²) >= 11 is 0. The molecule has 20 heteroatoms. The summed E-state index contributed by atoms with van der Waals surface area (Å²) in [4.78, 5) is 53.1. The van der Waals surface area contributed by atoms with Crippen LogP contribution in [0.25, 0.3) is 0 Å². The highest BCUT2D eigenvalue weighted by Crippen LogP contribution is 2.27. The van der Waals surface area contributed by atoms with E-state index < -0.39 is 49.3 Å². The van der Waals surface area contributed by atoms with Crippen molar-refractivity contribution in [3.8, 4) is 6.07 Å². The first-order chi connectivity index (χ1) is 27.3. The third kappa shape index (κ3) is 12.7. The molecule has 1 aliphatic heterocycles. The van der Waals surface area contributed by atoms with Crippen molar-refractivity contribution >= 4 is 55.5 Å². The zero-order chi connectivity index (χ0) is 44.1. The number of nitriles is 1. The number of ether oxygens (including phenoxy) is 2. The standard InChI is InChI=1S/C39H53N9O9S2/c1-27-23-30(25-40)43-35(41-27)46-19-21-48(22-20-46)59(54,55)31-14-12-29(13-15-31)42-34(49)32-24-28(11-16-33(32)45(9)58(10,52)53)26-47(37(51)57-39(5,6)7)18-17-44(8)36(50)56-38(2,3)4/h11-16,23-24H,17-22,26H2,1-10H3,(H,42,49). The lowest BCUT2D eigenvalue weighted by Crippen LogP contribution is -2.49. The molecular weight excluding hydrogens is 803 g/mol. The van der Waals surface area contributed by atoms with Crippen molar-refractivity contribution < 1.29 is 40.7 Å². The number of anilines is 3. The number of likely N-dealkylation sites (N-methyl/N-ethyl adjacent to an activating group) is 1. The summed E-state index contributed by atoms with van der Waals surface area (Å²) < 4.78 is 65.8. The van der Waals surface area contributed by atoms with E-state index in [0.717, 1.165) is 10.6 Å². The molecule has 0 spiro atoms. The van der Waals surface area contributed by atoms with Crippen LogP contribution in [0.3, 0.4) is 0 Å². The largest absolute Gasteiger partial charge is 0.444 e. The minimum atomic E-state index is -3.92. The molecule has 3 aromatic rings. The number of carbonyl (C=O) groups excluding carboxylic acids is 3. The predicted molar refractivity (Wildman–Crippen MR) is 222 cm³/mol. The fraction of sp³-hybridized carbons (Fsp3) is 0.487. The molecule has 0 unspecified atom stereocenters. The molecule has 2 aromatic carbocycles. The minimum Gasteiger partial charge on any atom is -0.444 e. The van der Waals surface area contributed by atoms with Crippen molar-refractivity contribution in [2.24, 2.45) is 0 Å². The quantitative estimate of drug-likeness (QED) is 0.267. The molecule has 0 atom stereocenters. The number of sulfonamides is 2. The number of rotatable bonds is 12. The van der Waals surface area contributed by atoms with Gasteiger partial charge < -0.3 is 29.5 Å². The Morgan fingerprint density at radius 2 is 1.44 bits per heavy atom. The van der Waals surface area contributed by atoms with Gasteiger partial charge in [0.2, 0.25) is 26.0 Å². The molecule has 1 fully saturated rings. The predicted octanol–water partition coefficient (Wildman–Crippen LogP) is 4.42. The molecule has 3 amide bonds. The highest BCUT2D eigenvalue weighted by atomic mass is 32.2. The summed E-state index contributed by atoms with van der Waals surface area (Å²) in [6.07, 6.45) is -0.262. The van der Waals surface area contributed by atoms with Gasteiger partial charge >= 0.3 is 12.2 Å². The first kappa shape index (κ1) is 46.2. The Morgan fingerprint density at radius 3 is 2.00 bits per heavy atom. The van der Waals surface area contributed by atoms with E-state index in [9.17, 15) is 36.5 Å². The number of carbonyl (C=O) groups is 3. The number of nitrogens with one attached hydrogen (secondary N) is 1. The molecule has 0 saturated carbocycles. The fourth-order valence-corrected chi connectivity index (χ4v) is 7.68. The number of benzene rings is 2. The molecule has 0 aliphatic carbocycles. The molecule has 18 nitrogen and oxygen atoms in total. The Hall–Kier alpha value is -5.52. The molecule has 1 aromatic heterocycles. The molecular formula is C39H53N9O9S2. The topological polar surface area (TPSA) is 216 Å². The highest BCUT2D eigenvalue weighted by molar-refractivity contribution is 7.92. The lowest BCUT2D eigenvalue weighted by molar-refractivity contribution is 0.0152. The van der Waals surface area contributed by atoms with Crippen LogP contribution in [0.15, 0.2) is 53.4 Å². The van der Waals surface area contributed by atoms with E-state index in [2.05, 4.69) is 15.3 Å².